The standard InChI is InChI=1S/C20H26O4/c1-19(2)6-4-7-20(3)11-9-12-10(5-8-23-12)13-14(11)16(24-18(13)22)15(21)17(19)20/h5,8,11,13-17,21H,4,6-7,9H2,1-3H3/t11?,13?,14?,15-,16?,17?,20-/m1/s1. The minimum Gasteiger partial charge on any atom is -0.469 e. The molecule has 0 radical (unpaired) electrons. The molecule has 5 unspecified atom stereocenters. The molecule has 1 saturated heterocycles. The van der Waals surface area contributed by atoms with E-state index in [4.69, 9.17) is 9.15 Å². The van der Waals surface area contributed by atoms with Crippen LogP contribution in [0.25, 0.3) is 0 Å². The lowest BCUT2D eigenvalue weighted by Gasteiger charge is -2.62. The van der Waals surface area contributed by atoms with Gasteiger partial charge in [0.25, 0.3) is 0 Å². The van der Waals surface area contributed by atoms with Gasteiger partial charge in [0.15, 0.2) is 0 Å². The molecular weight excluding hydrogens is 304 g/mol. The maximum absolute atomic E-state index is 12.7. The number of ether oxygens (including phenoxy) is 1. The van der Waals surface area contributed by atoms with Gasteiger partial charge in [0.1, 0.15) is 11.9 Å². The Morgan fingerprint density at radius 3 is 2.83 bits per heavy atom. The molecule has 3 aliphatic carbocycles. The predicted molar refractivity (Wildman–Crippen MR) is 87.2 cm³/mol. The summed E-state index contributed by atoms with van der Waals surface area (Å²) in [6, 6.07) is 1.92. The zero-order valence-corrected chi connectivity index (χ0v) is 14.6. The molecule has 4 aliphatic rings. The molecule has 3 fully saturated rings. The Bertz CT molecular complexity index is 704. The molecule has 130 valence electrons. The molecule has 0 spiro atoms. The van der Waals surface area contributed by atoms with Gasteiger partial charge in [-0.3, -0.25) is 4.79 Å². The average molecular weight is 330 g/mol. The summed E-state index contributed by atoms with van der Waals surface area (Å²) in [7, 11) is 0. The minimum atomic E-state index is -0.561. The van der Waals surface area contributed by atoms with Crippen molar-refractivity contribution in [2.75, 3.05) is 0 Å². The Morgan fingerprint density at radius 2 is 2.04 bits per heavy atom. The van der Waals surface area contributed by atoms with Crippen LogP contribution in [0.1, 0.15) is 57.3 Å². The lowest BCUT2D eigenvalue weighted by atomic mass is 9.42. The summed E-state index contributed by atoms with van der Waals surface area (Å²) in [5, 5.41) is 11.2. The van der Waals surface area contributed by atoms with E-state index in [-0.39, 0.29) is 40.7 Å². The van der Waals surface area contributed by atoms with Gasteiger partial charge in [-0.2, -0.15) is 0 Å². The molecule has 1 aromatic heterocycles. The van der Waals surface area contributed by atoms with Crippen molar-refractivity contribution in [3.05, 3.63) is 23.7 Å². The molecule has 0 aromatic carbocycles. The molecule has 1 aliphatic heterocycles. The van der Waals surface area contributed by atoms with E-state index >= 15 is 0 Å². The number of rotatable bonds is 0. The van der Waals surface area contributed by atoms with E-state index in [1.807, 2.05) is 6.07 Å². The molecule has 0 bridgehead atoms. The molecule has 4 nitrogen and oxygen atoms in total. The number of hydrogen-bond acceptors (Lipinski definition) is 4. The summed E-state index contributed by atoms with van der Waals surface area (Å²) in [5.41, 5.74) is 1.08. The largest absolute Gasteiger partial charge is 0.469 e. The summed E-state index contributed by atoms with van der Waals surface area (Å²) >= 11 is 0. The summed E-state index contributed by atoms with van der Waals surface area (Å²) in [6.45, 7) is 6.89. The fraction of sp³-hybridized carbons (Fsp3) is 0.750. The van der Waals surface area contributed by atoms with Crippen LogP contribution in [0.2, 0.25) is 0 Å². The van der Waals surface area contributed by atoms with Crippen LogP contribution in [-0.4, -0.2) is 23.3 Å². The number of furan rings is 1. The first kappa shape index (κ1) is 15.0. The van der Waals surface area contributed by atoms with Crippen LogP contribution in [0.15, 0.2) is 16.7 Å². The van der Waals surface area contributed by atoms with Crippen molar-refractivity contribution in [2.24, 2.45) is 28.6 Å². The summed E-state index contributed by atoms with van der Waals surface area (Å²) < 4.78 is 11.5. The van der Waals surface area contributed by atoms with Crippen molar-refractivity contribution in [3.8, 4) is 0 Å². The van der Waals surface area contributed by atoms with E-state index in [0.717, 1.165) is 30.6 Å². The Hall–Kier alpha value is -1.29. The van der Waals surface area contributed by atoms with E-state index in [2.05, 4.69) is 20.8 Å². The maximum atomic E-state index is 12.7. The highest BCUT2D eigenvalue weighted by molar-refractivity contribution is 5.82. The first-order valence-corrected chi connectivity index (χ1v) is 9.29. The van der Waals surface area contributed by atoms with Gasteiger partial charge in [-0.05, 0) is 41.6 Å². The van der Waals surface area contributed by atoms with E-state index in [1.54, 1.807) is 6.26 Å². The van der Waals surface area contributed by atoms with E-state index in [9.17, 15) is 9.90 Å². The lowest BCUT2D eigenvalue weighted by molar-refractivity contribution is -0.203. The van der Waals surface area contributed by atoms with Crippen LogP contribution < -0.4 is 0 Å². The molecule has 1 N–H and O–H groups in total. The highest BCUT2D eigenvalue weighted by Crippen LogP contribution is 2.66. The smallest absolute Gasteiger partial charge is 0.314 e. The molecule has 24 heavy (non-hydrogen) atoms. The predicted octanol–water partition coefficient (Wildman–Crippen LogP) is 3.28. The molecule has 0 amide bonds. The Labute approximate surface area is 142 Å². The van der Waals surface area contributed by atoms with E-state index in [0.29, 0.717) is 5.92 Å². The Morgan fingerprint density at radius 1 is 1.25 bits per heavy atom. The monoisotopic (exact) mass is 330 g/mol. The van der Waals surface area contributed by atoms with Gasteiger partial charge in [0.05, 0.1) is 18.3 Å². The highest BCUT2D eigenvalue weighted by atomic mass is 16.6. The fourth-order valence-electron chi connectivity index (χ4n) is 7.11. The summed E-state index contributed by atoms with van der Waals surface area (Å²) in [4.78, 5) is 12.7. The van der Waals surface area contributed by atoms with Crippen LogP contribution in [0.5, 0.6) is 0 Å². The average Bonchev–Trinajstić information content (AvgIpc) is 3.08. The second-order valence-electron chi connectivity index (χ2n) is 9.38. The van der Waals surface area contributed by atoms with Gasteiger partial charge in [-0.15, -0.1) is 0 Å². The maximum Gasteiger partial charge on any atom is 0.314 e. The van der Waals surface area contributed by atoms with Crippen LogP contribution >= 0.6 is 0 Å². The van der Waals surface area contributed by atoms with Crippen molar-refractivity contribution in [1.82, 2.24) is 0 Å². The highest BCUT2D eigenvalue weighted by Gasteiger charge is 2.68. The first-order valence-electron chi connectivity index (χ1n) is 9.29. The van der Waals surface area contributed by atoms with Crippen molar-refractivity contribution in [2.45, 2.75) is 64.6 Å². The quantitative estimate of drug-likeness (QED) is 0.742. The van der Waals surface area contributed by atoms with Crippen LogP contribution in [0.4, 0.5) is 0 Å². The van der Waals surface area contributed by atoms with Crippen LogP contribution in [-0.2, 0) is 16.0 Å². The molecule has 7 atom stereocenters. The Kier molecular flexibility index (Phi) is 2.79. The number of carbonyl (C=O) groups excluding carboxylic acids is 1. The van der Waals surface area contributed by atoms with E-state index in [1.165, 1.54) is 6.42 Å². The number of aliphatic hydroxyl groups excluding tert-OH is 1. The van der Waals surface area contributed by atoms with Gasteiger partial charge in [0, 0.05) is 17.9 Å². The van der Waals surface area contributed by atoms with Gasteiger partial charge < -0.3 is 14.3 Å². The van der Waals surface area contributed by atoms with Gasteiger partial charge in [0.2, 0.25) is 0 Å². The van der Waals surface area contributed by atoms with E-state index < -0.39 is 6.10 Å². The topological polar surface area (TPSA) is 59.7 Å². The molecular formula is C20H26O4. The van der Waals surface area contributed by atoms with Crippen molar-refractivity contribution < 1.29 is 19.1 Å². The molecule has 2 heterocycles. The third kappa shape index (κ3) is 1.61. The number of aliphatic hydroxyl groups is 1. The zero-order valence-electron chi connectivity index (χ0n) is 14.6. The Balaban J connectivity index is 1.69. The molecule has 5 rings (SSSR count). The normalized spacial score (nSPS) is 48.2. The van der Waals surface area contributed by atoms with Crippen LogP contribution in [0, 0.1) is 28.6 Å². The van der Waals surface area contributed by atoms with Crippen molar-refractivity contribution in [3.63, 3.8) is 0 Å². The van der Waals surface area contributed by atoms with Crippen molar-refractivity contribution >= 4 is 5.97 Å². The SMILES string of the molecule is CC1(C)CCC[C@]2(C)C3Cc4occc4C4C(=O)OC(C43)[C@@H](O)C12. The van der Waals surface area contributed by atoms with Crippen LogP contribution in [0.3, 0.4) is 0 Å². The first-order chi connectivity index (χ1) is 11.3. The number of hydrogen-bond donors (Lipinski definition) is 1. The molecule has 2 saturated carbocycles. The third-order valence-electron chi connectivity index (χ3n) is 7.87. The molecule has 1 aromatic rings. The number of fused-ring (bicyclic) bond motifs is 4. The van der Waals surface area contributed by atoms with Crippen molar-refractivity contribution in [1.29, 1.82) is 0 Å². The number of carbonyl (C=O) groups is 1. The van der Waals surface area contributed by atoms with Gasteiger partial charge >= 0.3 is 5.97 Å². The minimum absolute atomic E-state index is 0.0268. The fourth-order valence-corrected chi connectivity index (χ4v) is 7.11. The molecule has 4 heteroatoms. The number of esters is 1. The zero-order chi connectivity index (χ0) is 16.9. The second-order valence-corrected chi connectivity index (χ2v) is 9.38. The summed E-state index contributed by atoms with van der Waals surface area (Å²) in [5.74, 6) is 1.13. The lowest BCUT2D eigenvalue weighted by Crippen LogP contribution is -2.63. The van der Waals surface area contributed by atoms with Gasteiger partial charge in [-0.25, -0.2) is 0 Å². The summed E-state index contributed by atoms with van der Waals surface area (Å²) in [6.07, 6.45) is 5.07. The third-order valence-corrected chi connectivity index (χ3v) is 7.87. The van der Waals surface area contributed by atoms with Gasteiger partial charge in [-0.1, -0.05) is 27.2 Å². The second kappa shape index (κ2) is 4.46.